The highest BCUT2D eigenvalue weighted by atomic mass is 79.9. The summed E-state index contributed by atoms with van der Waals surface area (Å²) in [5, 5.41) is 4.07. The number of ether oxygens (including phenoxy) is 1. The Morgan fingerprint density at radius 2 is 1.95 bits per heavy atom. The molecule has 0 aliphatic rings. The Morgan fingerprint density at radius 3 is 2.64 bits per heavy atom. The molecule has 0 atom stereocenters. The van der Waals surface area contributed by atoms with E-state index in [9.17, 15) is 4.79 Å². The van der Waals surface area contributed by atoms with E-state index in [-0.39, 0.29) is 12.5 Å². The van der Waals surface area contributed by atoms with Gasteiger partial charge in [-0.2, -0.15) is 5.10 Å². The second-order valence-electron chi connectivity index (χ2n) is 4.80. The lowest BCUT2D eigenvalue weighted by Gasteiger charge is -2.08. The average Bonchev–Trinajstić information content (AvgIpc) is 2.52. The largest absolute Gasteiger partial charge is 0.483 e. The van der Waals surface area contributed by atoms with Crippen LogP contribution in [0.5, 0.6) is 5.75 Å². The molecule has 0 spiro atoms. The molecule has 2 rings (SSSR count). The normalized spacial score (nSPS) is 11.1. The van der Waals surface area contributed by atoms with Gasteiger partial charge in [0.05, 0.1) is 5.71 Å². The summed E-state index contributed by atoms with van der Waals surface area (Å²) in [6, 6.07) is 15.3. The van der Waals surface area contributed by atoms with Crippen LogP contribution in [0.3, 0.4) is 0 Å². The summed E-state index contributed by atoms with van der Waals surface area (Å²) in [7, 11) is 0. The van der Waals surface area contributed by atoms with Crippen molar-refractivity contribution in [1.82, 2.24) is 5.43 Å². The second-order valence-corrected chi connectivity index (χ2v) is 5.71. The summed E-state index contributed by atoms with van der Waals surface area (Å²) in [5.41, 5.74) is 5.17. The second kappa shape index (κ2) is 7.75. The van der Waals surface area contributed by atoms with E-state index in [1.807, 2.05) is 62.4 Å². The molecule has 0 radical (unpaired) electrons. The van der Waals surface area contributed by atoms with E-state index < -0.39 is 0 Å². The van der Waals surface area contributed by atoms with E-state index in [0.29, 0.717) is 5.75 Å². The van der Waals surface area contributed by atoms with Gasteiger partial charge < -0.3 is 4.74 Å². The molecule has 1 amide bonds. The van der Waals surface area contributed by atoms with E-state index in [0.717, 1.165) is 21.3 Å². The summed E-state index contributed by atoms with van der Waals surface area (Å²) in [6.45, 7) is 3.69. The number of hydrogen-bond acceptors (Lipinski definition) is 3. The van der Waals surface area contributed by atoms with Gasteiger partial charge in [-0.1, -0.05) is 46.3 Å². The first-order valence-corrected chi connectivity index (χ1v) is 7.63. The zero-order chi connectivity index (χ0) is 15.9. The third kappa shape index (κ3) is 4.70. The molecule has 0 aliphatic carbocycles. The quantitative estimate of drug-likeness (QED) is 0.653. The Balaban J connectivity index is 1.88. The van der Waals surface area contributed by atoms with Gasteiger partial charge in [0.1, 0.15) is 5.75 Å². The van der Waals surface area contributed by atoms with E-state index in [1.54, 1.807) is 0 Å². The molecule has 0 saturated heterocycles. The first-order chi connectivity index (χ1) is 10.6. The van der Waals surface area contributed by atoms with Crippen molar-refractivity contribution in [3.63, 3.8) is 0 Å². The molecule has 0 bridgehead atoms. The maximum atomic E-state index is 11.8. The van der Waals surface area contributed by atoms with Crippen molar-refractivity contribution in [3.05, 3.63) is 64.1 Å². The highest BCUT2D eigenvalue weighted by Gasteiger charge is 2.05. The molecule has 1 N–H and O–H groups in total. The lowest BCUT2D eigenvalue weighted by atomic mass is 10.1. The number of halogens is 1. The van der Waals surface area contributed by atoms with Gasteiger partial charge in [-0.15, -0.1) is 0 Å². The van der Waals surface area contributed by atoms with Crippen molar-refractivity contribution >= 4 is 27.5 Å². The van der Waals surface area contributed by atoms with E-state index in [2.05, 4.69) is 26.5 Å². The van der Waals surface area contributed by atoms with Gasteiger partial charge in [0.15, 0.2) is 6.61 Å². The maximum Gasteiger partial charge on any atom is 0.277 e. The van der Waals surface area contributed by atoms with E-state index >= 15 is 0 Å². The Labute approximate surface area is 138 Å². The molecule has 2 aromatic carbocycles. The Morgan fingerprint density at radius 1 is 1.23 bits per heavy atom. The minimum atomic E-state index is -0.294. The molecule has 0 heterocycles. The Kier molecular flexibility index (Phi) is 5.72. The third-order valence-electron chi connectivity index (χ3n) is 3.04. The molecule has 0 unspecified atom stereocenters. The SMILES string of the molecule is C/C(=N\NC(=O)COc1ccc(Br)cc1C)c1ccccc1. The molecule has 5 heteroatoms. The molecule has 114 valence electrons. The molecule has 0 aromatic heterocycles. The van der Waals surface area contributed by atoms with Crippen LogP contribution in [0.2, 0.25) is 0 Å². The predicted octanol–water partition coefficient (Wildman–Crippen LogP) is 3.68. The van der Waals surface area contributed by atoms with Crippen molar-refractivity contribution < 1.29 is 9.53 Å². The molecule has 4 nitrogen and oxygen atoms in total. The van der Waals surface area contributed by atoms with Crippen LogP contribution in [0.25, 0.3) is 0 Å². The van der Waals surface area contributed by atoms with Gasteiger partial charge >= 0.3 is 0 Å². The van der Waals surface area contributed by atoms with Crippen LogP contribution in [-0.4, -0.2) is 18.2 Å². The fourth-order valence-electron chi connectivity index (χ4n) is 1.84. The third-order valence-corrected chi connectivity index (χ3v) is 3.53. The minimum Gasteiger partial charge on any atom is -0.483 e. The fraction of sp³-hybridized carbons (Fsp3) is 0.176. The van der Waals surface area contributed by atoms with Crippen LogP contribution >= 0.6 is 15.9 Å². The molecular weight excluding hydrogens is 344 g/mol. The summed E-state index contributed by atoms with van der Waals surface area (Å²) in [6.07, 6.45) is 0. The predicted molar refractivity (Wildman–Crippen MR) is 91.2 cm³/mol. The van der Waals surface area contributed by atoms with Crippen LogP contribution in [0.1, 0.15) is 18.1 Å². The van der Waals surface area contributed by atoms with E-state index in [1.165, 1.54) is 0 Å². The van der Waals surface area contributed by atoms with Gasteiger partial charge in [0.25, 0.3) is 5.91 Å². The Bertz CT molecular complexity index is 684. The lowest BCUT2D eigenvalue weighted by Crippen LogP contribution is -2.25. The highest BCUT2D eigenvalue weighted by Crippen LogP contribution is 2.21. The maximum absolute atomic E-state index is 11.8. The molecular formula is C17H17BrN2O2. The van der Waals surface area contributed by atoms with Crippen LogP contribution in [0.4, 0.5) is 0 Å². The number of nitrogens with zero attached hydrogens (tertiary/aromatic N) is 1. The zero-order valence-corrected chi connectivity index (χ0v) is 14.1. The lowest BCUT2D eigenvalue weighted by molar-refractivity contribution is -0.123. The monoisotopic (exact) mass is 360 g/mol. The standard InChI is InChI=1S/C17H17BrN2O2/c1-12-10-15(18)8-9-16(12)22-11-17(21)20-19-13(2)14-6-4-3-5-7-14/h3-10H,11H2,1-2H3,(H,20,21)/b19-13+. The van der Waals surface area contributed by atoms with Gasteiger partial charge in [-0.3, -0.25) is 4.79 Å². The van der Waals surface area contributed by atoms with E-state index in [4.69, 9.17) is 4.74 Å². The average molecular weight is 361 g/mol. The van der Waals surface area contributed by atoms with Crippen LogP contribution in [0.15, 0.2) is 58.1 Å². The first kappa shape index (κ1) is 16.2. The molecule has 0 fully saturated rings. The summed E-state index contributed by atoms with van der Waals surface area (Å²) in [4.78, 5) is 11.8. The van der Waals surface area contributed by atoms with Crippen molar-refractivity contribution in [1.29, 1.82) is 0 Å². The van der Waals surface area contributed by atoms with Gasteiger partial charge in [0.2, 0.25) is 0 Å². The van der Waals surface area contributed by atoms with Gasteiger partial charge in [0, 0.05) is 4.47 Å². The zero-order valence-electron chi connectivity index (χ0n) is 12.5. The van der Waals surface area contributed by atoms with Crippen LogP contribution in [-0.2, 0) is 4.79 Å². The number of hydrogen-bond donors (Lipinski definition) is 1. The van der Waals surface area contributed by atoms with Crippen molar-refractivity contribution in [3.8, 4) is 5.75 Å². The minimum absolute atomic E-state index is 0.0754. The van der Waals surface area contributed by atoms with Gasteiger partial charge in [-0.05, 0) is 43.2 Å². The molecule has 2 aromatic rings. The molecule has 0 saturated carbocycles. The number of rotatable bonds is 5. The number of hydrazone groups is 1. The summed E-state index contributed by atoms with van der Waals surface area (Å²) in [5.74, 6) is 0.389. The van der Waals surface area contributed by atoms with Crippen LogP contribution in [0, 0.1) is 6.92 Å². The number of carbonyl (C=O) groups is 1. The fourth-order valence-corrected chi connectivity index (χ4v) is 2.32. The van der Waals surface area contributed by atoms with Crippen molar-refractivity contribution in [2.75, 3.05) is 6.61 Å². The van der Waals surface area contributed by atoms with Crippen molar-refractivity contribution in [2.24, 2.45) is 5.10 Å². The number of aryl methyl sites for hydroxylation is 1. The number of carbonyl (C=O) groups excluding carboxylic acids is 1. The Hall–Kier alpha value is -2.14. The van der Waals surface area contributed by atoms with Crippen molar-refractivity contribution in [2.45, 2.75) is 13.8 Å². The summed E-state index contributed by atoms with van der Waals surface area (Å²) >= 11 is 3.39. The number of nitrogens with one attached hydrogen (secondary N) is 1. The number of amides is 1. The smallest absolute Gasteiger partial charge is 0.277 e. The molecule has 22 heavy (non-hydrogen) atoms. The summed E-state index contributed by atoms with van der Waals surface area (Å²) < 4.78 is 6.47. The highest BCUT2D eigenvalue weighted by molar-refractivity contribution is 9.10. The molecule has 0 aliphatic heterocycles. The van der Waals surface area contributed by atoms with Crippen LogP contribution < -0.4 is 10.2 Å². The first-order valence-electron chi connectivity index (χ1n) is 6.84. The number of benzene rings is 2. The van der Waals surface area contributed by atoms with Gasteiger partial charge in [-0.25, -0.2) is 5.43 Å². The topological polar surface area (TPSA) is 50.7 Å².